The zero-order chi connectivity index (χ0) is 15.5. The van der Waals surface area contributed by atoms with Gasteiger partial charge in [-0.05, 0) is 43.2 Å². The van der Waals surface area contributed by atoms with Crippen molar-refractivity contribution < 1.29 is 14.0 Å². The molecular weight excluding hydrogens is 294 g/mol. The lowest BCUT2D eigenvalue weighted by Crippen LogP contribution is -2.40. The summed E-state index contributed by atoms with van der Waals surface area (Å²) in [7, 11) is 0. The average molecular weight is 315 g/mol. The van der Waals surface area contributed by atoms with Crippen molar-refractivity contribution in [2.75, 3.05) is 19.8 Å². The quantitative estimate of drug-likeness (QED) is 0.867. The van der Waals surface area contributed by atoms with Crippen molar-refractivity contribution in [2.24, 2.45) is 5.41 Å². The predicted octanol–water partition coefficient (Wildman–Crippen LogP) is 2.65. The lowest BCUT2D eigenvalue weighted by atomic mass is 9.75. The maximum absolute atomic E-state index is 6.10. The van der Waals surface area contributed by atoms with E-state index in [4.69, 9.17) is 14.0 Å². The van der Waals surface area contributed by atoms with E-state index in [0.717, 1.165) is 44.6 Å². The third-order valence-electron chi connectivity index (χ3n) is 4.96. The highest BCUT2D eigenvalue weighted by Crippen LogP contribution is 2.40. The van der Waals surface area contributed by atoms with Gasteiger partial charge in [0.15, 0.2) is 5.82 Å². The van der Waals surface area contributed by atoms with Crippen LogP contribution in [0.3, 0.4) is 0 Å². The first kappa shape index (κ1) is 14.8. The van der Waals surface area contributed by atoms with Crippen molar-refractivity contribution in [3.05, 3.63) is 30.4 Å². The summed E-state index contributed by atoms with van der Waals surface area (Å²) in [4.78, 5) is 8.53. The van der Waals surface area contributed by atoms with Crippen LogP contribution in [-0.2, 0) is 15.9 Å². The van der Waals surface area contributed by atoms with E-state index in [1.165, 1.54) is 6.42 Å². The molecule has 2 fully saturated rings. The summed E-state index contributed by atoms with van der Waals surface area (Å²) in [6, 6.07) is 3.77. The van der Waals surface area contributed by atoms with Crippen LogP contribution in [0.2, 0.25) is 0 Å². The van der Waals surface area contributed by atoms with Gasteiger partial charge in [0.05, 0.1) is 18.3 Å². The Kier molecular flexibility index (Phi) is 4.10. The van der Waals surface area contributed by atoms with E-state index < -0.39 is 0 Å². The fraction of sp³-hybridized carbons (Fsp3) is 0.588. The van der Waals surface area contributed by atoms with E-state index in [1.54, 1.807) is 12.4 Å². The van der Waals surface area contributed by atoms with Crippen LogP contribution in [0.4, 0.5) is 0 Å². The molecule has 0 N–H and O–H groups in total. The van der Waals surface area contributed by atoms with Gasteiger partial charge in [0, 0.05) is 32.0 Å². The van der Waals surface area contributed by atoms with Gasteiger partial charge in [0.2, 0.25) is 0 Å². The van der Waals surface area contributed by atoms with Crippen molar-refractivity contribution >= 4 is 0 Å². The number of rotatable bonds is 3. The van der Waals surface area contributed by atoms with Crippen molar-refractivity contribution in [2.45, 2.75) is 38.2 Å². The number of ether oxygens (including phenoxy) is 2. The molecule has 6 heteroatoms. The topological polar surface area (TPSA) is 70.3 Å². The standard InChI is InChI=1S/C17H21N3O3/c1-2-13(11-18-7-1)16-19-15(20-23-16)10-14-3-4-17(12-22-14)5-8-21-9-6-17/h1-2,7,11,14H,3-6,8-10,12H2. The fourth-order valence-corrected chi connectivity index (χ4v) is 3.42. The zero-order valence-corrected chi connectivity index (χ0v) is 13.1. The summed E-state index contributed by atoms with van der Waals surface area (Å²) in [6.07, 6.45) is 8.83. The molecule has 1 unspecified atom stereocenters. The Morgan fingerprint density at radius 1 is 1.22 bits per heavy atom. The van der Waals surface area contributed by atoms with Crippen LogP contribution in [0.25, 0.3) is 11.5 Å². The number of nitrogens with zero attached hydrogens (tertiary/aromatic N) is 3. The normalized spacial score (nSPS) is 23.9. The summed E-state index contributed by atoms with van der Waals surface area (Å²) >= 11 is 0. The molecule has 4 heterocycles. The largest absolute Gasteiger partial charge is 0.381 e. The molecule has 0 aromatic carbocycles. The molecule has 2 aromatic heterocycles. The first-order valence-corrected chi connectivity index (χ1v) is 8.25. The molecule has 0 amide bonds. The molecule has 2 aromatic rings. The number of aromatic nitrogens is 3. The van der Waals surface area contributed by atoms with Gasteiger partial charge < -0.3 is 14.0 Å². The first-order chi connectivity index (χ1) is 11.3. The Morgan fingerprint density at radius 3 is 2.87 bits per heavy atom. The minimum absolute atomic E-state index is 0.183. The average Bonchev–Trinajstić information content (AvgIpc) is 3.07. The minimum atomic E-state index is 0.183. The van der Waals surface area contributed by atoms with Crippen molar-refractivity contribution in [1.82, 2.24) is 15.1 Å². The summed E-state index contributed by atoms with van der Waals surface area (Å²) in [5.74, 6) is 1.22. The smallest absolute Gasteiger partial charge is 0.259 e. The van der Waals surface area contributed by atoms with Gasteiger partial charge in [0.25, 0.3) is 5.89 Å². The summed E-state index contributed by atoms with van der Waals surface area (Å²) in [5, 5.41) is 4.08. The highest BCUT2D eigenvalue weighted by molar-refractivity contribution is 5.50. The second-order valence-electron chi connectivity index (χ2n) is 6.55. The molecule has 6 nitrogen and oxygen atoms in total. The summed E-state index contributed by atoms with van der Waals surface area (Å²) in [6.45, 7) is 2.56. The SMILES string of the molecule is c1cncc(-c2nc(CC3CCC4(CCOCC4)CO3)no2)c1. The Hall–Kier alpha value is -1.79. The van der Waals surface area contributed by atoms with E-state index in [1.807, 2.05) is 12.1 Å². The monoisotopic (exact) mass is 315 g/mol. The van der Waals surface area contributed by atoms with Gasteiger partial charge in [-0.15, -0.1) is 0 Å². The van der Waals surface area contributed by atoms with Gasteiger partial charge in [-0.2, -0.15) is 4.98 Å². The molecule has 23 heavy (non-hydrogen) atoms. The second-order valence-corrected chi connectivity index (χ2v) is 6.55. The number of pyridine rings is 1. The molecule has 0 aliphatic carbocycles. The molecule has 0 radical (unpaired) electrons. The van der Waals surface area contributed by atoms with Crippen molar-refractivity contribution in [3.63, 3.8) is 0 Å². The Morgan fingerprint density at radius 2 is 2.13 bits per heavy atom. The molecule has 1 spiro atoms. The molecule has 4 rings (SSSR count). The Balaban J connectivity index is 1.36. The second kappa shape index (κ2) is 6.37. The van der Waals surface area contributed by atoms with Crippen molar-refractivity contribution in [3.8, 4) is 11.5 Å². The molecule has 2 aliphatic rings. The lowest BCUT2D eigenvalue weighted by Gasteiger charge is -2.42. The van der Waals surface area contributed by atoms with Gasteiger partial charge in [-0.1, -0.05) is 5.16 Å². The number of hydrogen-bond donors (Lipinski definition) is 0. The van der Waals surface area contributed by atoms with Crippen LogP contribution >= 0.6 is 0 Å². The number of hydrogen-bond acceptors (Lipinski definition) is 6. The highest BCUT2D eigenvalue weighted by Gasteiger charge is 2.37. The molecule has 122 valence electrons. The van der Waals surface area contributed by atoms with Crippen LogP contribution in [0.1, 0.15) is 31.5 Å². The highest BCUT2D eigenvalue weighted by atomic mass is 16.5. The molecule has 1 atom stereocenters. The maximum atomic E-state index is 6.10. The minimum Gasteiger partial charge on any atom is -0.381 e. The fourth-order valence-electron chi connectivity index (χ4n) is 3.42. The van der Waals surface area contributed by atoms with Crippen molar-refractivity contribution in [1.29, 1.82) is 0 Å². The van der Waals surface area contributed by atoms with Crippen LogP contribution in [-0.4, -0.2) is 41.0 Å². The third-order valence-corrected chi connectivity index (χ3v) is 4.96. The Bertz CT molecular complexity index is 628. The Labute approximate surface area is 135 Å². The summed E-state index contributed by atoms with van der Waals surface area (Å²) < 4.78 is 16.9. The predicted molar refractivity (Wildman–Crippen MR) is 82.7 cm³/mol. The van der Waals surface area contributed by atoms with Gasteiger partial charge in [0.1, 0.15) is 0 Å². The van der Waals surface area contributed by atoms with Gasteiger partial charge in [-0.3, -0.25) is 4.98 Å². The van der Waals surface area contributed by atoms with Gasteiger partial charge in [-0.25, -0.2) is 0 Å². The summed E-state index contributed by atoms with van der Waals surface area (Å²) in [5.41, 5.74) is 1.18. The zero-order valence-electron chi connectivity index (χ0n) is 13.1. The van der Waals surface area contributed by atoms with Crippen LogP contribution in [0.15, 0.2) is 29.0 Å². The molecular formula is C17H21N3O3. The van der Waals surface area contributed by atoms with Crippen LogP contribution in [0.5, 0.6) is 0 Å². The third kappa shape index (κ3) is 3.28. The molecule has 2 aliphatic heterocycles. The van der Waals surface area contributed by atoms with E-state index >= 15 is 0 Å². The van der Waals surface area contributed by atoms with E-state index in [2.05, 4.69) is 15.1 Å². The maximum Gasteiger partial charge on any atom is 0.259 e. The van der Waals surface area contributed by atoms with Crippen LogP contribution < -0.4 is 0 Å². The molecule has 2 saturated heterocycles. The molecule has 0 saturated carbocycles. The van der Waals surface area contributed by atoms with E-state index in [0.29, 0.717) is 23.6 Å². The van der Waals surface area contributed by atoms with Crippen LogP contribution in [0, 0.1) is 5.41 Å². The van der Waals surface area contributed by atoms with E-state index in [-0.39, 0.29) is 6.10 Å². The lowest BCUT2D eigenvalue weighted by molar-refractivity contribution is -0.105. The van der Waals surface area contributed by atoms with E-state index in [9.17, 15) is 0 Å². The first-order valence-electron chi connectivity index (χ1n) is 8.25. The van der Waals surface area contributed by atoms with Gasteiger partial charge >= 0.3 is 0 Å². The molecule has 0 bridgehead atoms.